The summed E-state index contributed by atoms with van der Waals surface area (Å²) in [7, 11) is 0. The lowest BCUT2D eigenvalue weighted by Crippen LogP contribution is -1.95. The van der Waals surface area contributed by atoms with Gasteiger partial charge in [0.25, 0.3) is 0 Å². The highest BCUT2D eigenvalue weighted by Crippen LogP contribution is 2.36. The van der Waals surface area contributed by atoms with Gasteiger partial charge in [0.15, 0.2) is 5.82 Å². The maximum absolute atomic E-state index is 15.4. The SMILES string of the molecule is Nc1ncnc2snc(-c3ccc4ccc(-c5ccccc5)nc4c3F)c12. The molecule has 0 saturated carbocycles. The zero-order valence-electron chi connectivity index (χ0n) is 13.9. The molecule has 0 aliphatic carbocycles. The van der Waals surface area contributed by atoms with Gasteiger partial charge in [-0.2, -0.15) is 4.37 Å². The summed E-state index contributed by atoms with van der Waals surface area (Å²) in [5.74, 6) is -0.144. The molecule has 0 fully saturated rings. The molecule has 2 aromatic carbocycles. The van der Waals surface area contributed by atoms with Gasteiger partial charge < -0.3 is 5.73 Å². The highest BCUT2D eigenvalue weighted by molar-refractivity contribution is 7.13. The molecule has 0 amide bonds. The summed E-state index contributed by atoms with van der Waals surface area (Å²) in [5.41, 5.74) is 8.70. The Morgan fingerprint density at radius 1 is 0.926 bits per heavy atom. The molecule has 0 bridgehead atoms. The van der Waals surface area contributed by atoms with E-state index in [2.05, 4.69) is 19.3 Å². The third-order valence-electron chi connectivity index (χ3n) is 4.43. The van der Waals surface area contributed by atoms with Crippen molar-refractivity contribution >= 4 is 38.5 Å². The number of pyridine rings is 1. The van der Waals surface area contributed by atoms with E-state index in [1.807, 2.05) is 48.5 Å². The average molecular weight is 373 g/mol. The fourth-order valence-electron chi connectivity index (χ4n) is 3.10. The Hall–Kier alpha value is -3.45. The summed E-state index contributed by atoms with van der Waals surface area (Å²) in [6.07, 6.45) is 1.38. The number of benzene rings is 2. The molecule has 130 valence electrons. The van der Waals surface area contributed by atoms with Crippen LogP contribution in [0.4, 0.5) is 10.2 Å². The predicted molar refractivity (Wildman–Crippen MR) is 106 cm³/mol. The van der Waals surface area contributed by atoms with Crippen LogP contribution in [0.15, 0.2) is 60.9 Å². The van der Waals surface area contributed by atoms with Gasteiger partial charge in [-0.3, -0.25) is 0 Å². The Balaban J connectivity index is 1.75. The first-order valence-corrected chi connectivity index (χ1v) is 9.00. The maximum atomic E-state index is 15.4. The monoisotopic (exact) mass is 373 g/mol. The second-order valence-electron chi connectivity index (χ2n) is 6.03. The van der Waals surface area contributed by atoms with Gasteiger partial charge in [-0.1, -0.05) is 42.5 Å². The number of halogens is 1. The van der Waals surface area contributed by atoms with Gasteiger partial charge in [-0.25, -0.2) is 19.3 Å². The zero-order chi connectivity index (χ0) is 18.4. The second-order valence-corrected chi connectivity index (χ2v) is 6.78. The first-order valence-electron chi connectivity index (χ1n) is 8.23. The van der Waals surface area contributed by atoms with Crippen molar-refractivity contribution in [3.05, 3.63) is 66.7 Å². The topological polar surface area (TPSA) is 77.6 Å². The number of nitrogen functional groups attached to an aromatic ring is 1. The van der Waals surface area contributed by atoms with Crippen molar-refractivity contribution in [1.82, 2.24) is 19.3 Å². The third kappa shape index (κ3) is 2.51. The summed E-state index contributed by atoms with van der Waals surface area (Å²) >= 11 is 1.17. The number of nitrogens with zero attached hydrogens (tertiary/aromatic N) is 4. The van der Waals surface area contributed by atoms with Crippen LogP contribution in [0.5, 0.6) is 0 Å². The first-order chi connectivity index (χ1) is 13.2. The van der Waals surface area contributed by atoms with Crippen molar-refractivity contribution in [2.45, 2.75) is 0 Å². The normalized spacial score (nSPS) is 11.3. The molecule has 5 nitrogen and oxygen atoms in total. The minimum Gasteiger partial charge on any atom is -0.383 e. The molecule has 0 atom stereocenters. The number of rotatable bonds is 2. The summed E-state index contributed by atoms with van der Waals surface area (Å²) in [6, 6.07) is 17.0. The Bertz CT molecular complexity index is 1300. The van der Waals surface area contributed by atoms with E-state index in [1.165, 1.54) is 17.9 Å². The van der Waals surface area contributed by atoms with Crippen molar-refractivity contribution < 1.29 is 4.39 Å². The van der Waals surface area contributed by atoms with E-state index in [4.69, 9.17) is 5.73 Å². The van der Waals surface area contributed by atoms with Gasteiger partial charge in [0.2, 0.25) is 0 Å². The van der Waals surface area contributed by atoms with Crippen molar-refractivity contribution in [1.29, 1.82) is 0 Å². The van der Waals surface area contributed by atoms with Gasteiger partial charge in [-0.05, 0) is 23.7 Å². The quantitative estimate of drug-likeness (QED) is 0.486. The Morgan fingerprint density at radius 2 is 1.74 bits per heavy atom. The van der Waals surface area contributed by atoms with E-state index in [1.54, 1.807) is 6.07 Å². The summed E-state index contributed by atoms with van der Waals surface area (Å²) in [6.45, 7) is 0. The number of hydrogen-bond acceptors (Lipinski definition) is 6. The van der Waals surface area contributed by atoms with E-state index in [9.17, 15) is 0 Å². The Labute approximate surface area is 157 Å². The van der Waals surface area contributed by atoms with Crippen LogP contribution in [0, 0.1) is 5.82 Å². The van der Waals surface area contributed by atoms with Crippen LogP contribution in [0.25, 0.3) is 43.6 Å². The predicted octanol–water partition coefficient (Wildman–Crippen LogP) is 4.69. The molecule has 0 spiro atoms. The van der Waals surface area contributed by atoms with Crippen molar-refractivity contribution in [2.75, 3.05) is 5.73 Å². The van der Waals surface area contributed by atoms with Crippen molar-refractivity contribution in [3.63, 3.8) is 0 Å². The molecule has 27 heavy (non-hydrogen) atoms. The van der Waals surface area contributed by atoms with Crippen molar-refractivity contribution in [3.8, 4) is 22.5 Å². The lowest BCUT2D eigenvalue weighted by atomic mass is 10.0. The maximum Gasteiger partial charge on any atom is 0.158 e. The van der Waals surface area contributed by atoms with Gasteiger partial charge in [0.05, 0.1) is 11.1 Å². The molecule has 3 heterocycles. The smallest absolute Gasteiger partial charge is 0.158 e. The zero-order valence-corrected chi connectivity index (χ0v) is 14.7. The number of nitrogens with two attached hydrogens (primary N) is 1. The number of hydrogen-bond donors (Lipinski definition) is 1. The lowest BCUT2D eigenvalue weighted by molar-refractivity contribution is 0.640. The standard InChI is InChI=1S/C20H12FN5S/c21-16-13(18-15-19(22)23-10-24-20(15)27-26-18)8-6-12-7-9-14(25-17(12)16)11-4-2-1-3-5-11/h1-10H,(H2,22,23,24). The summed E-state index contributed by atoms with van der Waals surface area (Å²) in [5, 5.41) is 1.29. The van der Waals surface area contributed by atoms with E-state index >= 15 is 4.39 Å². The third-order valence-corrected chi connectivity index (χ3v) is 5.18. The minimum absolute atomic E-state index is 0.286. The largest absolute Gasteiger partial charge is 0.383 e. The molecule has 0 radical (unpaired) electrons. The molecule has 0 saturated heterocycles. The van der Waals surface area contributed by atoms with Gasteiger partial charge >= 0.3 is 0 Å². The Kier molecular flexibility index (Phi) is 3.54. The molecule has 0 aliphatic rings. The molecular weight excluding hydrogens is 361 g/mol. The molecule has 3 aromatic heterocycles. The molecule has 0 unspecified atom stereocenters. The Morgan fingerprint density at radius 3 is 2.59 bits per heavy atom. The number of anilines is 1. The first kappa shape index (κ1) is 15.8. The fourth-order valence-corrected chi connectivity index (χ4v) is 3.85. The summed E-state index contributed by atoms with van der Waals surface area (Å²) in [4.78, 5) is 13.4. The minimum atomic E-state index is -0.430. The van der Waals surface area contributed by atoms with E-state index < -0.39 is 5.82 Å². The van der Waals surface area contributed by atoms with Crippen LogP contribution in [0.3, 0.4) is 0 Å². The lowest BCUT2D eigenvalue weighted by Gasteiger charge is -2.07. The van der Waals surface area contributed by atoms with Crippen LogP contribution in [0.2, 0.25) is 0 Å². The van der Waals surface area contributed by atoms with E-state index in [0.717, 1.165) is 10.9 Å². The van der Waals surface area contributed by atoms with Crippen molar-refractivity contribution in [2.24, 2.45) is 0 Å². The second kappa shape index (κ2) is 6.07. The van der Waals surface area contributed by atoms with E-state index in [-0.39, 0.29) is 5.82 Å². The van der Waals surface area contributed by atoms with Gasteiger partial charge in [0.1, 0.15) is 28.2 Å². The van der Waals surface area contributed by atoms with Gasteiger partial charge in [-0.15, -0.1) is 0 Å². The van der Waals surface area contributed by atoms with Crippen LogP contribution in [-0.2, 0) is 0 Å². The van der Waals surface area contributed by atoms with Crippen LogP contribution in [-0.4, -0.2) is 19.3 Å². The van der Waals surface area contributed by atoms with Crippen LogP contribution < -0.4 is 5.73 Å². The average Bonchev–Trinajstić information content (AvgIpc) is 3.14. The molecule has 5 aromatic rings. The number of aromatic nitrogens is 4. The molecular formula is C20H12FN5S. The molecule has 5 rings (SSSR count). The van der Waals surface area contributed by atoms with Crippen LogP contribution in [0.1, 0.15) is 0 Å². The van der Waals surface area contributed by atoms with Crippen LogP contribution >= 0.6 is 11.5 Å². The molecule has 7 heteroatoms. The van der Waals surface area contributed by atoms with E-state index in [0.29, 0.717) is 32.7 Å². The highest BCUT2D eigenvalue weighted by Gasteiger charge is 2.19. The fraction of sp³-hybridized carbons (Fsp3) is 0. The summed E-state index contributed by atoms with van der Waals surface area (Å²) < 4.78 is 19.8. The highest BCUT2D eigenvalue weighted by atomic mass is 32.1. The van der Waals surface area contributed by atoms with Gasteiger partial charge in [0, 0.05) is 16.5 Å². The number of fused-ring (bicyclic) bond motifs is 2. The molecule has 0 aliphatic heterocycles. The molecule has 2 N–H and O–H groups in total.